The Hall–Kier alpha value is -2.40. The van der Waals surface area contributed by atoms with Crippen molar-refractivity contribution in [2.24, 2.45) is 0 Å². The van der Waals surface area contributed by atoms with Crippen molar-refractivity contribution in [3.8, 4) is 0 Å². The fourth-order valence-electron chi connectivity index (χ4n) is 1.77. The van der Waals surface area contributed by atoms with Crippen LogP contribution in [0.3, 0.4) is 0 Å². The van der Waals surface area contributed by atoms with Crippen molar-refractivity contribution in [3.05, 3.63) is 52.7 Å². The monoisotopic (exact) mass is 303 g/mol. The molecule has 0 bridgehead atoms. The predicted octanol–water partition coefficient (Wildman–Crippen LogP) is 3.25. The fourth-order valence-corrected chi connectivity index (χ4v) is 2.03. The van der Waals surface area contributed by atoms with Crippen molar-refractivity contribution in [2.45, 2.75) is 13.8 Å². The molecule has 0 aliphatic rings. The van der Waals surface area contributed by atoms with E-state index >= 15 is 0 Å². The van der Waals surface area contributed by atoms with Crippen molar-refractivity contribution in [2.75, 3.05) is 10.6 Å². The van der Waals surface area contributed by atoms with Crippen molar-refractivity contribution in [1.82, 2.24) is 4.98 Å². The molecule has 108 valence electrons. The van der Waals surface area contributed by atoms with E-state index in [4.69, 9.17) is 11.6 Å². The van der Waals surface area contributed by atoms with Gasteiger partial charge in [-0.2, -0.15) is 0 Å². The van der Waals surface area contributed by atoms with Crippen molar-refractivity contribution in [1.29, 1.82) is 0 Å². The van der Waals surface area contributed by atoms with Crippen LogP contribution in [0.25, 0.3) is 0 Å². The normalized spacial score (nSPS) is 10.0. The first-order chi connectivity index (χ1) is 9.97. The van der Waals surface area contributed by atoms with E-state index in [2.05, 4.69) is 15.6 Å². The fraction of sp³-hybridized carbons (Fsp3) is 0.133. The standard InChI is InChI=1S/C15H14ClN3O2/c1-9-6-7-13(17-8-9)19-15(21)14-11(16)4-3-5-12(14)18-10(2)20/h3-8H,1-2H3,(H,18,20)(H,17,19,21). The smallest absolute Gasteiger partial charge is 0.260 e. The molecular weight excluding hydrogens is 290 g/mol. The Morgan fingerprint density at radius 2 is 1.90 bits per heavy atom. The second-order valence-electron chi connectivity index (χ2n) is 4.52. The molecule has 0 fully saturated rings. The average molecular weight is 304 g/mol. The van der Waals surface area contributed by atoms with Gasteiger partial charge >= 0.3 is 0 Å². The minimum atomic E-state index is -0.430. The topological polar surface area (TPSA) is 71.1 Å². The van der Waals surface area contributed by atoms with Crippen LogP contribution in [-0.2, 0) is 4.79 Å². The van der Waals surface area contributed by atoms with E-state index in [1.807, 2.05) is 13.0 Å². The highest BCUT2D eigenvalue weighted by Gasteiger charge is 2.16. The average Bonchev–Trinajstić information content (AvgIpc) is 2.40. The molecule has 2 rings (SSSR count). The molecule has 0 spiro atoms. The summed E-state index contributed by atoms with van der Waals surface area (Å²) in [7, 11) is 0. The number of nitrogens with one attached hydrogen (secondary N) is 2. The molecule has 1 aromatic heterocycles. The van der Waals surface area contributed by atoms with Crippen LogP contribution in [0.5, 0.6) is 0 Å². The van der Waals surface area contributed by atoms with Crippen LogP contribution in [0.4, 0.5) is 11.5 Å². The Bertz CT molecular complexity index is 684. The molecule has 0 aliphatic heterocycles. The van der Waals surface area contributed by atoms with Gasteiger partial charge < -0.3 is 10.6 Å². The van der Waals surface area contributed by atoms with E-state index in [1.54, 1.807) is 30.5 Å². The number of benzene rings is 1. The highest BCUT2D eigenvalue weighted by atomic mass is 35.5. The van der Waals surface area contributed by atoms with Gasteiger partial charge in [-0.1, -0.05) is 23.7 Å². The molecule has 0 aliphatic carbocycles. The summed E-state index contributed by atoms with van der Waals surface area (Å²) in [6, 6.07) is 8.40. The zero-order valence-corrected chi connectivity index (χ0v) is 12.4. The number of nitrogens with zero attached hydrogens (tertiary/aromatic N) is 1. The second kappa shape index (κ2) is 6.37. The van der Waals surface area contributed by atoms with E-state index in [0.717, 1.165) is 5.56 Å². The Balaban J connectivity index is 2.29. The lowest BCUT2D eigenvalue weighted by atomic mass is 10.1. The van der Waals surface area contributed by atoms with Gasteiger partial charge in [-0.3, -0.25) is 9.59 Å². The number of carbonyl (C=O) groups excluding carboxylic acids is 2. The van der Waals surface area contributed by atoms with Crippen LogP contribution < -0.4 is 10.6 Å². The maximum atomic E-state index is 12.3. The molecule has 0 atom stereocenters. The maximum Gasteiger partial charge on any atom is 0.260 e. The van der Waals surface area contributed by atoms with Gasteiger partial charge in [0.2, 0.25) is 5.91 Å². The molecule has 2 N–H and O–H groups in total. The zero-order valence-electron chi connectivity index (χ0n) is 11.6. The minimum Gasteiger partial charge on any atom is -0.326 e. The number of pyridine rings is 1. The van der Waals surface area contributed by atoms with Gasteiger partial charge in [-0.25, -0.2) is 4.98 Å². The Labute approximate surface area is 127 Å². The highest BCUT2D eigenvalue weighted by molar-refractivity contribution is 6.35. The first kappa shape index (κ1) is 15.0. The lowest BCUT2D eigenvalue weighted by Crippen LogP contribution is -2.17. The van der Waals surface area contributed by atoms with E-state index in [1.165, 1.54) is 6.92 Å². The second-order valence-corrected chi connectivity index (χ2v) is 4.93. The molecule has 0 saturated heterocycles. The predicted molar refractivity (Wildman–Crippen MR) is 82.7 cm³/mol. The summed E-state index contributed by atoms with van der Waals surface area (Å²) in [6.07, 6.45) is 1.65. The molecule has 0 unspecified atom stereocenters. The Morgan fingerprint density at radius 3 is 2.52 bits per heavy atom. The summed E-state index contributed by atoms with van der Waals surface area (Å²) in [5.41, 5.74) is 1.56. The quantitative estimate of drug-likeness (QED) is 0.914. The molecular formula is C15H14ClN3O2. The van der Waals surface area contributed by atoms with Gasteiger partial charge in [0.15, 0.2) is 0 Å². The van der Waals surface area contributed by atoms with E-state index in [0.29, 0.717) is 11.5 Å². The lowest BCUT2D eigenvalue weighted by Gasteiger charge is -2.11. The molecule has 1 aromatic carbocycles. The van der Waals surface area contributed by atoms with Crippen molar-refractivity contribution >= 4 is 34.9 Å². The molecule has 2 aromatic rings. The van der Waals surface area contributed by atoms with Crippen LogP contribution in [0.1, 0.15) is 22.8 Å². The number of aromatic nitrogens is 1. The zero-order chi connectivity index (χ0) is 15.4. The van der Waals surface area contributed by atoms with E-state index in [-0.39, 0.29) is 16.5 Å². The van der Waals surface area contributed by atoms with Gasteiger partial charge in [0.05, 0.1) is 16.3 Å². The number of hydrogen-bond donors (Lipinski definition) is 2. The van der Waals surface area contributed by atoms with Crippen molar-refractivity contribution in [3.63, 3.8) is 0 Å². The first-order valence-corrected chi connectivity index (χ1v) is 6.65. The van der Waals surface area contributed by atoms with E-state index in [9.17, 15) is 9.59 Å². The number of aryl methyl sites for hydroxylation is 1. The number of hydrogen-bond acceptors (Lipinski definition) is 3. The van der Waals surface area contributed by atoms with E-state index < -0.39 is 5.91 Å². The summed E-state index contributed by atoms with van der Waals surface area (Å²) >= 11 is 6.07. The molecule has 1 heterocycles. The summed E-state index contributed by atoms with van der Waals surface area (Å²) in [5.74, 6) is -0.292. The van der Waals surface area contributed by atoms with Crippen molar-refractivity contribution < 1.29 is 9.59 Å². The number of rotatable bonds is 3. The van der Waals surface area contributed by atoms with Crippen LogP contribution in [0.15, 0.2) is 36.5 Å². The first-order valence-electron chi connectivity index (χ1n) is 6.27. The summed E-state index contributed by atoms with van der Waals surface area (Å²) in [5, 5.41) is 5.49. The maximum absolute atomic E-state index is 12.3. The Morgan fingerprint density at radius 1 is 1.14 bits per heavy atom. The number of anilines is 2. The summed E-state index contributed by atoms with van der Waals surface area (Å²) in [4.78, 5) is 27.6. The highest BCUT2D eigenvalue weighted by Crippen LogP contribution is 2.25. The van der Waals surface area contributed by atoms with Crippen LogP contribution in [-0.4, -0.2) is 16.8 Å². The number of amides is 2. The van der Waals surface area contributed by atoms with Gasteiger partial charge in [-0.15, -0.1) is 0 Å². The SMILES string of the molecule is CC(=O)Nc1cccc(Cl)c1C(=O)Nc1ccc(C)cn1. The molecule has 0 radical (unpaired) electrons. The third kappa shape index (κ3) is 3.79. The molecule has 6 heteroatoms. The third-order valence-corrected chi connectivity index (χ3v) is 3.02. The van der Waals surface area contributed by atoms with Crippen LogP contribution in [0, 0.1) is 6.92 Å². The van der Waals surface area contributed by atoms with Gasteiger partial charge in [0.1, 0.15) is 5.82 Å². The summed E-state index contributed by atoms with van der Waals surface area (Å²) < 4.78 is 0. The molecule has 0 saturated carbocycles. The Kier molecular flexibility index (Phi) is 4.55. The van der Waals surface area contributed by atoms with Crippen LogP contribution >= 0.6 is 11.6 Å². The molecule has 5 nitrogen and oxygen atoms in total. The minimum absolute atomic E-state index is 0.205. The van der Waals surface area contributed by atoms with Gasteiger partial charge in [-0.05, 0) is 30.7 Å². The largest absolute Gasteiger partial charge is 0.326 e. The number of halogens is 1. The molecule has 2 amide bonds. The third-order valence-electron chi connectivity index (χ3n) is 2.70. The van der Waals surface area contributed by atoms with Gasteiger partial charge in [0.25, 0.3) is 5.91 Å². The number of carbonyl (C=O) groups is 2. The van der Waals surface area contributed by atoms with Crippen LogP contribution in [0.2, 0.25) is 5.02 Å². The van der Waals surface area contributed by atoms with Gasteiger partial charge in [0, 0.05) is 13.1 Å². The molecule has 21 heavy (non-hydrogen) atoms. The lowest BCUT2D eigenvalue weighted by molar-refractivity contribution is -0.114. The summed E-state index contributed by atoms with van der Waals surface area (Å²) in [6.45, 7) is 3.27.